The fourth-order valence-electron chi connectivity index (χ4n) is 2.90. The molecule has 2 N–H and O–H groups in total. The van der Waals surface area contributed by atoms with Crippen LogP contribution in [0, 0.1) is 13.8 Å². The number of hydrogen-bond donors (Lipinski definition) is 2. The Bertz CT molecular complexity index is 1080. The zero-order valence-corrected chi connectivity index (χ0v) is 18.7. The Balaban J connectivity index is 1.53. The zero-order chi connectivity index (χ0) is 22.2. The van der Waals surface area contributed by atoms with Crippen LogP contribution in [0.4, 0.5) is 11.4 Å². The topological polar surface area (TPSA) is 58.2 Å². The Kier molecular flexibility index (Phi) is 7.68. The molecule has 5 heteroatoms. The molecule has 0 fully saturated rings. The predicted octanol–water partition coefficient (Wildman–Crippen LogP) is 6.07. The quantitative estimate of drug-likeness (QED) is 0.353. The van der Waals surface area contributed by atoms with Crippen LogP contribution >= 0.6 is 11.8 Å². The second-order valence-corrected chi connectivity index (χ2v) is 8.74. The molecule has 0 spiro atoms. The summed E-state index contributed by atoms with van der Waals surface area (Å²) in [7, 11) is 0. The average molecular weight is 431 g/mol. The third-order valence-corrected chi connectivity index (χ3v) is 5.79. The van der Waals surface area contributed by atoms with Gasteiger partial charge in [0.25, 0.3) is 0 Å². The van der Waals surface area contributed by atoms with E-state index in [-0.39, 0.29) is 17.1 Å². The molecule has 3 aromatic rings. The van der Waals surface area contributed by atoms with Crippen molar-refractivity contribution in [2.24, 2.45) is 0 Å². The molecule has 0 aromatic heterocycles. The van der Waals surface area contributed by atoms with Gasteiger partial charge in [-0.05, 0) is 73.9 Å². The molecule has 0 saturated heterocycles. The van der Waals surface area contributed by atoms with Gasteiger partial charge in [-0.3, -0.25) is 9.59 Å². The SMILES string of the molecule is Cc1ccc(C)c(NC(=O)C(C)Sc2ccc(NC(=O)/C=C/c3ccccc3)cc2)c1. The number of aryl methyl sites for hydroxylation is 2. The molecule has 31 heavy (non-hydrogen) atoms. The summed E-state index contributed by atoms with van der Waals surface area (Å²) in [6.07, 6.45) is 3.29. The summed E-state index contributed by atoms with van der Waals surface area (Å²) in [5.74, 6) is -0.229. The van der Waals surface area contributed by atoms with Crippen LogP contribution < -0.4 is 10.6 Å². The Morgan fingerprint density at radius 1 is 0.903 bits per heavy atom. The van der Waals surface area contributed by atoms with Crippen LogP contribution in [0.2, 0.25) is 0 Å². The minimum absolute atomic E-state index is 0.0397. The van der Waals surface area contributed by atoms with Gasteiger partial charge in [-0.1, -0.05) is 42.5 Å². The maximum Gasteiger partial charge on any atom is 0.248 e. The van der Waals surface area contributed by atoms with Crippen molar-refractivity contribution in [3.05, 3.63) is 95.6 Å². The Labute approximate surface area is 187 Å². The van der Waals surface area contributed by atoms with Crippen molar-refractivity contribution >= 4 is 41.0 Å². The lowest BCUT2D eigenvalue weighted by molar-refractivity contribution is -0.115. The number of thioether (sulfide) groups is 1. The molecule has 0 radical (unpaired) electrons. The summed E-state index contributed by atoms with van der Waals surface area (Å²) in [6, 6.07) is 23.2. The van der Waals surface area contributed by atoms with E-state index in [9.17, 15) is 9.59 Å². The third-order valence-electron chi connectivity index (χ3n) is 4.68. The van der Waals surface area contributed by atoms with E-state index in [0.717, 1.165) is 27.3 Å². The number of amides is 2. The number of carbonyl (C=O) groups is 2. The summed E-state index contributed by atoms with van der Waals surface area (Å²) in [5, 5.41) is 5.60. The molecule has 0 saturated carbocycles. The first kappa shape index (κ1) is 22.4. The number of benzene rings is 3. The molecule has 4 nitrogen and oxygen atoms in total. The summed E-state index contributed by atoms with van der Waals surface area (Å²) in [5.41, 5.74) is 4.67. The first-order chi connectivity index (χ1) is 14.9. The lowest BCUT2D eigenvalue weighted by Gasteiger charge is -2.14. The summed E-state index contributed by atoms with van der Waals surface area (Å²) < 4.78 is 0. The molecule has 2 amide bonds. The summed E-state index contributed by atoms with van der Waals surface area (Å²) in [4.78, 5) is 25.7. The van der Waals surface area contributed by atoms with E-state index in [1.807, 2.05) is 93.6 Å². The standard InChI is InChI=1S/C26H26N2O2S/c1-18-9-10-19(2)24(17-18)28-26(30)20(3)31-23-14-12-22(13-15-23)27-25(29)16-11-21-7-5-4-6-8-21/h4-17,20H,1-3H3,(H,27,29)(H,28,30)/b16-11+. The number of anilines is 2. The minimum Gasteiger partial charge on any atom is -0.325 e. The van der Waals surface area contributed by atoms with Crippen LogP contribution in [-0.2, 0) is 9.59 Å². The van der Waals surface area contributed by atoms with Crippen molar-refractivity contribution in [1.29, 1.82) is 0 Å². The number of nitrogens with one attached hydrogen (secondary N) is 2. The van der Waals surface area contributed by atoms with Crippen LogP contribution in [0.5, 0.6) is 0 Å². The van der Waals surface area contributed by atoms with E-state index in [1.165, 1.54) is 17.8 Å². The van der Waals surface area contributed by atoms with Gasteiger partial charge in [0.05, 0.1) is 5.25 Å². The Hall–Kier alpha value is -3.31. The van der Waals surface area contributed by atoms with Gasteiger partial charge in [-0.2, -0.15) is 0 Å². The van der Waals surface area contributed by atoms with Crippen LogP contribution in [-0.4, -0.2) is 17.1 Å². The van der Waals surface area contributed by atoms with Gasteiger partial charge < -0.3 is 10.6 Å². The second kappa shape index (κ2) is 10.6. The average Bonchev–Trinajstić information content (AvgIpc) is 2.77. The fourth-order valence-corrected chi connectivity index (χ4v) is 3.77. The van der Waals surface area contributed by atoms with Gasteiger partial charge in [0.15, 0.2) is 0 Å². The van der Waals surface area contributed by atoms with Crippen LogP contribution in [0.15, 0.2) is 83.8 Å². The molecule has 0 bridgehead atoms. The smallest absolute Gasteiger partial charge is 0.248 e. The van der Waals surface area contributed by atoms with Crippen molar-refractivity contribution in [2.45, 2.75) is 30.9 Å². The van der Waals surface area contributed by atoms with Crippen LogP contribution in [0.1, 0.15) is 23.6 Å². The third kappa shape index (κ3) is 6.86. The molecule has 0 aliphatic rings. The highest BCUT2D eigenvalue weighted by molar-refractivity contribution is 8.00. The van der Waals surface area contributed by atoms with Gasteiger partial charge in [0.2, 0.25) is 11.8 Å². The highest BCUT2D eigenvalue weighted by Gasteiger charge is 2.15. The number of hydrogen-bond acceptors (Lipinski definition) is 3. The molecule has 1 unspecified atom stereocenters. The largest absolute Gasteiger partial charge is 0.325 e. The molecular formula is C26H26N2O2S. The van der Waals surface area contributed by atoms with Gasteiger partial charge in [-0.25, -0.2) is 0 Å². The lowest BCUT2D eigenvalue weighted by atomic mass is 10.1. The van der Waals surface area contributed by atoms with E-state index in [4.69, 9.17) is 0 Å². The maximum atomic E-state index is 12.6. The first-order valence-electron chi connectivity index (χ1n) is 10.1. The van der Waals surface area contributed by atoms with Crippen molar-refractivity contribution in [2.75, 3.05) is 10.6 Å². The molecule has 3 aromatic carbocycles. The Morgan fingerprint density at radius 3 is 2.32 bits per heavy atom. The van der Waals surface area contributed by atoms with E-state index >= 15 is 0 Å². The van der Waals surface area contributed by atoms with Gasteiger partial charge in [-0.15, -0.1) is 11.8 Å². The maximum absolute atomic E-state index is 12.6. The molecule has 158 valence electrons. The van der Waals surface area contributed by atoms with E-state index in [2.05, 4.69) is 10.6 Å². The normalized spacial score (nSPS) is 11.8. The van der Waals surface area contributed by atoms with Crippen LogP contribution in [0.25, 0.3) is 6.08 Å². The predicted molar refractivity (Wildman–Crippen MR) is 130 cm³/mol. The van der Waals surface area contributed by atoms with Crippen molar-refractivity contribution in [3.8, 4) is 0 Å². The van der Waals surface area contributed by atoms with Crippen molar-refractivity contribution in [1.82, 2.24) is 0 Å². The number of rotatable bonds is 7. The summed E-state index contributed by atoms with van der Waals surface area (Å²) >= 11 is 1.48. The Morgan fingerprint density at radius 2 is 1.61 bits per heavy atom. The molecule has 0 aliphatic carbocycles. The second-order valence-electron chi connectivity index (χ2n) is 7.33. The zero-order valence-electron chi connectivity index (χ0n) is 17.9. The first-order valence-corrected chi connectivity index (χ1v) is 11.0. The molecule has 3 rings (SSSR count). The molecule has 1 atom stereocenters. The van der Waals surface area contributed by atoms with Gasteiger partial charge >= 0.3 is 0 Å². The van der Waals surface area contributed by atoms with Gasteiger partial charge in [0, 0.05) is 22.3 Å². The molecule has 0 aliphatic heterocycles. The molecule has 0 heterocycles. The van der Waals surface area contributed by atoms with Gasteiger partial charge in [0.1, 0.15) is 0 Å². The number of carbonyl (C=O) groups excluding carboxylic acids is 2. The van der Waals surface area contributed by atoms with Crippen LogP contribution in [0.3, 0.4) is 0 Å². The minimum atomic E-state index is -0.255. The van der Waals surface area contributed by atoms with E-state index < -0.39 is 0 Å². The lowest BCUT2D eigenvalue weighted by Crippen LogP contribution is -2.22. The summed E-state index contributed by atoms with van der Waals surface area (Å²) in [6.45, 7) is 5.87. The highest BCUT2D eigenvalue weighted by Crippen LogP contribution is 2.26. The monoisotopic (exact) mass is 430 g/mol. The fraction of sp³-hybridized carbons (Fsp3) is 0.154. The van der Waals surface area contributed by atoms with Crippen molar-refractivity contribution in [3.63, 3.8) is 0 Å². The van der Waals surface area contributed by atoms with Crippen molar-refractivity contribution < 1.29 is 9.59 Å². The molecular weight excluding hydrogens is 404 g/mol. The van der Waals surface area contributed by atoms with E-state index in [0.29, 0.717) is 5.69 Å². The highest BCUT2D eigenvalue weighted by atomic mass is 32.2. The van der Waals surface area contributed by atoms with E-state index in [1.54, 1.807) is 6.08 Å².